The third kappa shape index (κ3) is 3.32. The number of aromatic nitrogens is 4. The highest BCUT2D eigenvalue weighted by Crippen LogP contribution is 2.37. The Kier molecular flexibility index (Phi) is 4.48. The van der Waals surface area contributed by atoms with Crippen molar-refractivity contribution < 1.29 is 18.1 Å². The van der Waals surface area contributed by atoms with Gasteiger partial charge in [0.05, 0.1) is 17.3 Å². The minimum atomic E-state index is -0.476. The third-order valence-electron chi connectivity index (χ3n) is 4.84. The Hall–Kier alpha value is -4.05. The Morgan fingerprint density at radius 3 is 2.39 bits per heavy atom. The summed E-state index contributed by atoms with van der Waals surface area (Å²) in [5, 5.41) is 16.8. The lowest BCUT2D eigenvalue weighted by Crippen LogP contribution is -2.38. The van der Waals surface area contributed by atoms with Gasteiger partial charge in [-0.15, -0.1) is 14.8 Å². The van der Waals surface area contributed by atoms with Crippen LogP contribution in [0.25, 0.3) is 28.0 Å². The molecule has 0 spiro atoms. The van der Waals surface area contributed by atoms with Gasteiger partial charge in [-0.3, -0.25) is 0 Å². The first-order valence-electron chi connectivity index (χ1n) is 9.36. The van der Waals surface area contributed by atoms with Crippen LogP contribution in [0.3, 0.4) is 0 Å². The lowest BCUT2D eigenvalue weighted by molar-refractivity contribution is -0.836. The minimum absolute atomic E-state index is 0.0429. The Balaban J connectivity index is 1.71. The number of benzene rings is 2. The zero-order valence-electron chi connectivity index (χ0n) is 16.4. The first-order chi connectivity index (χ1) is 15.1. The van der Waals surface area contributed by atoms with Crippen molar-refractivity contribution in [3.63, 3.8) is 0 Å². The van der Waals surface area contributed by atoms with Gasteiger partial charge in [-0.05, 0) is 18.2 Å². The maximum atomic E-state index is 14.7. The molecule has 10 heteroatoms. The minimum Gasteiger partial charge on any atom is -0.423 e. The zero-order chi connectivity index (χ0) is 21.4. The van der Waals surface area contributed by atoms with E-state index < -0.39 is 11.6 Å². The molecule has 0 saturated heterocycles. The standard InChI is InChI=1S/C21H16F2N7O/c1-30(12-24-11-26-30)13-31-21-19(14-6-2-4-8-16(14)22)18-10-25-27-20(29(18)28-21)15-7-3-5-9-17(15)23/h2-12H,13H2,1H3/q+1. The van der Waals surface area contributed by atoms with Crippen LogP contribution in [0.5, 0.6) is 5.88 Å². The Morgan fingerprint density at radius 2 is 1.71 bits per heavy atom. The van der Waals surface area contributed by atoms with Crippen LogP contribution in [0.15, 0.2) is 64.8 Å². The summed E-state index contributed by atoms with van der Waals surface area (Å²) in [6, 6.07) is 12.4. The quantitative estimate of drug-likeness (QED) is 0.463. The van der Waals surface area contributed by atoms with Crippen molar-refractivity contribution in [3.8, 4) is 28.4 Å². The van der Waals surface area contributed by atoms with Crippen LogP contribution in [-0.2, 0) is 0 Å². The number of hydrogen-bond acceptors (Lipinski definition) is 6. The van der Waals surface area contributed by atoms with E-state index in [0.29, 0.717) is 11.1 Å². The third-order valence-corrected chi connectivity index (χ3v) is 4.84. The molecular weight excluding hydrogens is 404 g/mol. The zero-order valence-corrected chi connectivity index (χ0v) is 16.4. The van der Waals surface area contributed by atoms with Crippen molar-refractivity contribution >= 4 is 18.2 Å². The second kappa shape index (κ2) is 7.33. The summed E-state index contributed by atoms with van der Waals surface area (Å²) in [4.78, 5) is 3.98. The van der Waals surface area contributed by atoms with Crippen LogP contribution in [0.4, 0.5) is 8.78 Å². The molecule has 0 radical (unpaired) electrons. The molecule has 4 aromatic rings. The normalized spacial score (nSPS) is 17.5. The summed E-state index contributed by atoms with van der Waals surface area (Å²) >= 11 is 0. The maximum absolute atomic E-state index is 14.7. The Labute approximate surface area is 175 Å². The number of hydrogen-bond donors (Lipinski definition) is 0. The SMILES string of the molecule is C[N+]1(COc2nn3c(-c4ccccc4F)nncc3c2-c2ccccc2F)C=NC=N1. The predicted octanol–water partition coefficient (Wildman–Crippen LogP) is 3.50. The summed E-state index contributed by atoms with van der Waals surface area (Å²) < 4.78 is 36.6. The number of fused-ring (bicyclic) bond motifs is 1. The van der Waals surface area contributed by atoms with Gasteiger partial charge in [-0.1, -0.05) is 35.4 Å². The fourth-order valence-electron chi connectivity index (χ4n) is 3.31. The summed E-state index contributed by atoms with van der Waals surface area (Å²) in [6.45, 7) is 0.0707. The number of rotatable bonds is 5. The van der Waals surface area contributed by atoms with E-state index in [1.165, 1.54) is 29.2 Å². The van der Waals surface area contributed by atoms with E-state index in [9.17, 15) is 8.78 Å². The number of aliphatic imine (C=N–C) groups is 1. The predicted molar refractivity (Wildman–Crippen MR) is 110 cm³/mol. The van der Waals surface area contributed by atoms with Gasteiger partial charge in [0.25, 0.3) is 6.73 Å². The molecule has 8 nitrogen and oxygen atoms in total. The van der Waals surface area contributed by atoms with Crippen LogP contribution in [0, 0.1) is 11.6 Å². The van der Waals surface area contributed by atoms with Crippen molar-refractivity contribution in [2.24, 2.45) is 10.1 Å². The topological polar surface area (TPSA) is 77.0 Å². The smallest absolute Gasteiger partial charge is 0.255 e. The van der Waals surface area contributed by atoms with E-state index in [1.807, 2.05) is 0 Å². The lowest BCUT2D eigenvalue weighted by atomic mass is 10.1. The maximum Gasteiger partial charge on any atom is 0.255 e. The first kappa shape index (κ1) is 18.9. The molecule has 0 N–H and O–H groups in total. The van der Waals surface area contributed by atoms with E-state index in [1.54, 1.807) is 49.8 Å². The summed E-state index contributed by atoms with van der Waals surface area (Å²) in [5.74, 6) is -0.612. The summed E-state index contributed by atoms with van der Waals surface area (Å²) in [7, 11) is 1.79. The monoisotopic (exact) mass is 420 g/mol. The van der Waals surface area contributed by atoms with Crippen LogP contribution in [-0.4, -0.2) is 50.9 Å². The van der Waals surface area contributed by atoms with Crippen LogP contribution in [0.1, 0.15) is 0 Å². The highest BCUT2D eigenvalue weighted by atomic mass is 19.1. The molecule has 1 unspecified atom stereocenters. The molecule has 0 saturated carbocycles. The molecular formula is C21H16F2N7O+. The van der Waals surface area contributed by atoms with E-state index in [4.69, 9.17) is 4.74 Å². The van der Waals surface area contributed by atoms with Crippen LogP contribution in [0.2, 0.25) is 0 Å². The fourth-order valence-corrected chi connectivity index (χ4v) is 3.31. The molecule has 2 aromatic carbocycles. The van der Waals surface area contributed by atoms with Gasteiger partial charge in [0, 0.05) is 5.56 Å². The fraction of sp³-hybridized carbons (Fsp3) is 0.0952. The molecule has 5 rings (SSSR count). The molecule has 31 heavy (non-hydrogen) atoms. The Morgan fingerprint density at radius 1 is 1.00 bits per heavy atom. The second-order valence-corrected chi connectivity index (χ2v) is 7.09. The molecule has 2 aromatic heterocycles. The highest BCUT2D eigenvalue weighted by molar-refractivity contribution is 5.85. The number of ether oxygens (including phenoxy) is 1. The molecule has 1 aliphatic heterocycles. The Bertz CT molecular complexity index is 1340. The van der Waals surface area contributed by atoms with E-state index in [0.717, 1.165) is 0 Å². The summed E-state index contributed by atoms with van der Waals surface area (Å²) in [5.41, 5.74) is 1.30. The second-order valence-electron chi connectivity index (χ2n) is 7.09. The molecule has 0 amide bonds. The van der Waals surface area contributed by atoms with Gasteiger partial charge < -0.3 is 4.74 Å². The molecule has 0 aliphatic carbocycles. The number of nitrogens with zero attached hydrogens (tertiary/aromatic N) is 7. The molecule has 1 atom stereocenters. The number of halogens is 2. The van der Waals surface area contributed by atoms with Crippen LogP contribution >= 0.6 is 0 Å². The van der Waals surface area contributed by atoms with E-state index in [2.05, 4.69) is 25.4 Å². The van der Waals surface area contributed by atoms with Crippen molar-refractivity contribution in [2.45, 2.75) is 0 Å². The lowest BCUT2D eigenvalue weighted by Gasteiger charge is -2.18. The van der Waals surface area contributed by atoms with Gasteiger partial charge in [-0.25, -0.2) is 13.3 Å². The van der Waals surface area contributed by atoms with Gasteiger partial charge in [0.15, 0.2) is 12.2 Å². The van der Waals surface area contributed by atoms with Crippen molar-refractivity contribution in [2.75, 3.05) is 13.8 Å². The summed E-state index contributed by atoms with van der Waals surface area (Å²) in [6.07, 6.45) is 4.47. The van der Waals surface area contributed by atoms with Gasteiger partial charge >= 0.3 is 0 Å². The van der Waals surface area contributed by atoms with Gasteiger partial charge in [-0.2, -0.15) is 10.1 Å². The number of quaternary nitrogens is 1. The van der Waals surface area contributed by atoms with Crippen molar-refractivity contribution in [1.82, 2.24) is 19.8 Å². The highest BCUT2D eigenvalue weighted by Gasteiger charge is 2.27. The van der Waals surface area contributed by atoms with Gasteiger partial charge in [0.1, 0.15) is 24.2 Å². The van der Waals surface area contributed by atoms with Crippen LogP contribution < -0.4 is 4.74 Å². The van der Waals surface area contributed by atoms with E-state index in [-0.39, 0.29) is 34.2 Å². The first-order valence-corrected chi connectivity index (χ1v) is 9.36. The molecule has 0 bridgehead atoms. The van der Waals surface area contributed by atoms with Crippen molar-refractivity contribution in [3.05, 3.63) is 66.4 Å². The molecule has 0 fully saturated rings. The molecule has 3 heterocycles. The molecule has 154 valence electrons. The largest absolute Gasteiger partial charge is 0.423 e. The van der Waals surface area contributed by atoms with Gasteiger partial charge in [0.2, 0.25) is 12.2 Å². The average Bonchev–Trinajstić information content (AvgIpc) is 3.37. The van der Waals surface area contributed by atoms with E-state index >= 15 is 0 Å². The van der Waals surface area contributed by atoms with Crippen molar-refractivity contribution in [1.29, 1.82) is 0 Å². The molecule has 1 aliphatic rings. The average molecular weight is 420 g/mol.